The summed E-state index contributed by atoms with van der Waals surface area (Å²) in [5.74, 6) is 0.850. The summed E-state index contributed by atoms with van der Waals surface area (Å²) in [6.07, 6.45) is 5.20. The molecule has 0 unspecified atom stereocenters. The van der Waals surface area contributed by atoms with Crippen molar-refractivity contribution in [1.82, 2.24) is 14.8 Å². The van der Waals surface area contributed by atoms with Crippen molar-refractivity contribution in [2.24, 2.45) is 11.3 Å². The van der Waals surface area contributed by atoms with Gasteiger partial charge in [-0.3, -0.25) is 14.7 Å². The first kappa shape index (κ1) is 19.6. The minimum atomic E-state index is 0.200. The number of aryl methyl sites for hydroxylation is 1. The van der Waals surface area contributed by atoms with Gasteiger partial charge in [-0.05, 0) is 47.8 Å². The highest BCUT2D eigenvalue weighted by Gasteiger charge is 2.46. The van der Waals surface area contributed by atoms with Gasteiger partial charge in [0, 0.05) is 49.7 Å². The molecule has 2 aliphatic rings. The molecule has 4 rings (SSSR count). The summed E-state index contributed by atoms with van der Waals surface area (Å²) < 4.78 is 0. The van der Waals surface area contributed by atoms with E-state index in [0.29, 0.717) is 11.3 Å². The van der Waals surface area contributed by atoms with Gasteiger partial charge >= 0.3 is 0 Å². The van der Waals surface area contributed by atoms with Crippen molar-refractivity contribution in [3.05, 3.63) is 51.0 Å². The fourth-order valence-electron chi connectivity index (χ4n) is 4.19. The quantitative estimate of drug-likeness (QED) is 0.726. The lowest BCUT2D eigenvalue weighted by atomic mass is 10.0. The summed E-state index contributed by atoms with van der Waals surface area (Å²) in [5, 5.41) is 2.08. The molecule has 150 valence electrons. The molecule has 5 heteroatoms. The zero-order valence-electron chi connectivity index (χ0n) is 17.5. The molecule has 2 aromatic rings. The van der Waals surface area contributed by atoms with Gasteiger partial charge in [0.25, 0.3) is 5.91 Å². The zero-order chi connectivity index (χ0) is 19.9. The molecule has 0 radical (unpaired) electrons. The summed E-state index contributed by atoms with van der Waals surface area (Å²) in [4.78, 5) is 23.3. The Morgan fingerprint density at radius 1 is 1.39 bits per heavy atom. The third kappa shape index (κ3) is 4.01. The van der Waals surface area contributed by atoms with Crippen LogP contribution in [0.5, 0.6) is 0 Å². The third-order valence-electron chi connectivity index (χ3n) is 6.49. The maximum Gasteiger partial charge on any atom is 0.254 e. The van der Waals surface area contributed by atoms with Crippen molar-refractivity contribution in [2.45, 2.75) is 53.1 Å². The minimum Gasteiger partial charge on any atom is -0.341 e. The maximum absolute atomic E-state index is 13.0. The molecule has 0 N–H and O–H groups in total. The minimum absolute atomic E-state index is 0.200. The highest BCUT2D eigenvalue weighted by molar-refractivity contribution is 7.10. The maximum atomic E-state index is 13.0. The van der Waals surface area contributed by atoms with Gasteiger partial charge in [0.2, 0.25) is 0 Å². The van der Waals surface area contributed by atoms with Crippen molar-refractivity contribution in [1.29, 1.82) is 0 Å². The van der Waals surface area contributed by atoms with Gasteiger partial charge in [-0.15, -0.1) is 11.3 Å². The van der Waals surface area contributed by atoms with Gasteiger partial charge in [-0.1, -0.05) is 26.8 Å². The van der Waals surface area contributed by atoms with Gasteiger partial charge in [-0.25, -0.2) is 0 Å². The van der Waals surface area contributed by atoms with E-state index in [4.69, 9.17) is 0 Å². The molecule has 4 nitrogen and oxygen atoms in total. The van der Waals surface area contributed by atoms with Crippen molar-refractivity contribution in [3.63, 3.8) is 0 Å². The van der Waals surface area contributed by atoms with Crippen LogP contribution in [-0.2, 0) is 25.9 Å². The number of hydrogen-bond donors (Lipinski definition) is 0. The molecule has 0 bridgehead atoms. The molecule has 1 amide bonds. The summed E-state index contributed by atoms with van der Waals surface area (Å²) in [6, 6.07) is 4.32. The molecule has 1 aliphatic carbocycles. The highest BCUT2D eigenvalue weighted by atomic mass is 32.1. The highest BCUT2D eigenvalue weighted by Crippen LogP contribution is 2.51. The largest absolute Gasteiger partial charge is 0.341 e. The van der Waals surface area contributed by atoms with Crippen molar-refractivity contribution in [3.8, 4) is 0 Å². The molecule has 2 aromatic heterocycles. The van der Waals surface area contributed by atoms with E-state index in [1.165, 1.54) is 22.4 Å². The Kier molecular flexibility index (Phi) is 5.32. The number of amides is 1. The Morgan fingerprint density at radius 3 is 2.82 bits per heavy atom. The van der Waals surface area contributed by atoms with Crippen LogP contribution in [0.15, 0.2) is 23.7 Å². The Morgan fingerprint density at radius 2 is 2.18 bits per heavy atom. The number of hydrogen-bond acceptors (Lipinski definition) is 4. The molecule has 3 heterocycles. The van der Waals surface area contributed by atoms with E-state index < -0.39 is 0 Å². The van der Waals surface area contributed by atoms with Gasteiger partial charge < -0.3 is 4.90 Å². The lowest BCUT2D eigenvalue weighted by Gasteiger charge is -2.27. The summed E-state index contributed by atoms with van der Waals surface area (Å²) in [6.45, 7) is 10.4. The number of carbonyl (C=O) groups excluding carboxylic acids is 1. The van der Waals surface area contributed by atoms with Gasteiger partial charge in [0.1, 0.15) is 0 Å². The molecule has 0 saturated heterocycles. The Hall–Kier alpha value is -1.72. The topological polar surface area (TPSA) is 36.4 Å². The molecule has 1 fully saturated rings. The van der Waals surface area contributed by atoms with Crippen LogP contribution >= 0.6 is 11.3 Å². The Balaban J connectivity index is 1.39. The number of thiophene rings is 1. The predicted molar refractivity (Wildman–Crippen MR) is 115 cm³/mol. The van der Waals surface area contributed by atoms with Crippen LogP contribution in [0, 0.1) is 11.3 Å². The summed E-state index contributed by atoms with van der Waals surface area (Å²) in [7, 11) is 1.96. The van der Waals surface area contributed by atoms with Gasteiger partial charge in [0.15, 0.2) is 0 Å². The van der Waals surface area contributed by atoms with Crippen LogP contribution in [0.25, 0.3) is 0 Å². The molecular formula is C23H31N3OS. The van der Waals surface area contributed by atoms with E-state index in [1.54, 1.807) is 11.3 Å². The Bertz CT molecular complexity index is 855. The number of nitrogens with zero attached hydrogens (tertiary/aromatic N) is 3. The molecule has 1 saturated carbocycles. The average molecular weight is 398 g/mol. The van der Waals surface area contributed by atoms with Crippen LogP contribution < -0.4 is 0 Å². The van der Waals surface area contributed by atoms with Crippen LogP contribution in [0.3, 0.4) is 0 Å². The van der Waals surface area contributed by atoms with Crippen LogP contribution in [0.4, 0.5) is 0 Å². The molecule has 0 spiro atoms. The van der Waals surface area contributed by atoms with Crippen LogP contribution in [0.1, 0.15) is 59.2 Å². The number of fused-ring (bicyclic) bond motifs is 1. The standard InChI is InChI=1S/C23H31N3OS/c1-5-16-6-7-18(24-11-16)13-26-9-8-19-20(15-28-21(19)14-26)22(27)25(4)12-17-10-23(17,2)3/h6-7,11,15,17H,5,8-10,12-14H2,1-4H3/t17-/m1/s1. The number of aromatic nitrogens is 1. The number of pyridine rings is 1. The first-order valence-electron chi connectivity index (χ1n) is 10.4. The molecular weight excluding hydrogens is 366 g/mol. The monoisotopic (exact) mass is 397 g/mol. The first-order valence-corrected chi connectivity index (χ1v) is 11.3. The zero-order valence-corrected chi connectivity index (χ0v) is 18.3. The second-order valence-corrected chi connectivity index (χ2v) is 10.1. The number of carbonyl (C=O) groups is 1. The summed E-state index contributed by atoms with van der Waals surface area (Å²) >= 11 is 1.74. The van der Waals surface area contributed by atoms with E-state index in [0.717, 1.165) is 50.3 Å². The fraction of sp³-hybridized carbons (Fsp3) is 0.565. The molecule has 28 heavy (non-hydrogen) atoms. The third-order valence-corrected chi connectivity index (χ3v) is 7.51. The van der Waals surface area contributed by atoms with Gasteiger partial charge in [-0.2, -0.15) is 0 Å². The van der Waals surface area contributed by atoms with E-state index in [2.05, 4.69) is 48.2 Å². The smallest absolute Gasteiger partial charge is 0.254 e. The second kappa shape index (κ2) is 7.60. The lowest BCUT2D eigenvalue weighted by Crippen LogP contribution is -2.33. The molecule has 1 atom stereocenters. The van der Waals surface area contributed by atoms with E-state index in [-0.39, 0.29) is 5.91 Å². The van der Waals surface area contributed by atoms with E-state index in [9.17, 15) is 4.79 Å². The van der Waals surface area contributed by atoms with Crippen molar-refractivity contribution in [2.75, 3.05) is 20.1 Å². The van der Waals surface area contributed by atoms with Crippen LogP contribution in [0.2, 0.25) is 0 Å². The fourth-order valence-corrected chi connectivity index (χ4v) is 5.30. The normalized spacial score (nSPS) is 20.6. The average Bonchev–Trinajstić information content (AvgIpc) is 3.09. The first-order chi connectivity index (χ1) is 13.4. The van der Waals surface area contributed by atoms with Gasteiger partial charge in [0.05, 0.1) is 11.3 Å². The molecule has 1 aliphatic heterocycles. The van der Waals surface area contributed by atoms with E-state index in [1.807, 2.05) is 18.1 Å². The van der Waals surface area contributed by atoms with Crippen LogP contribution in [-0.4, -0.2) is 40.8 Å². The lowest BCUT2D eigenvalue weighted by molar-refractivity contribution is 0.0783. The number of rotatable bonds is 6. The molecule has 0 aromatic carbocycles. The van der Waals surface area contributed by atoms with Crippen molar-refractivity contribution >= 4 is 17.2 Å². The summed E-state index contributed by atoms with van der Waals surface area (Å²) in [5.41, 5.74) is 5.03. The van der Waals surface area contributed by atoms with Crippen molar-refractivity contribution < 1.29 is 4.79 Å². The Labute approximate surface area is 172 Å². The second-order valence-electron chi connectivity index (χ2n) is 9.10. The van der Waals surface area contributed by atoms with E-state index >= 15 is 0 Å². The SMILES string of the molecule is CCc1ccc(CN2CCc3c(C(=O)N(C)C[C@H]4CC4(C)C)csc3C2)nc1. The predicted octanol–water partition coefficient (Wildman–Crippen LogP) is 4.38.